The minimum atomic E-state index is -4.45. The predicted molar refractivity (Wildman–Crippen MR) is 174 cm³/mol. The third-order valence-electron chi connectivity index (χ3n) is 13.1. The molecule has 4 aliphatic carbocycles. The van der Waals surface area contributed by atoms with Crippen LogP contribution >= 0.6 is 0 Å². The summed E-state index contributed by atoms with van der Waals surface area (Å²) < 4.78 is 37.1. The Morgan fingerprint density at radius 2 is 1.60 bits per heavy atom. The molecule has 9 heteroatoms. The van der Waals surface area contributed by atoms with E-state index in [0.717, 1.165) is 58.3 Å². The standard InChI is InChI=1S/C34H65N3O5S/c1-23(2)31(42-43(39,40)41)12-9-24(3)27-10-11-28-32-29(14-16-34(27,28)5)33(4)15-13-26(21-25(33)22-30(32)38)37-20-8-19-36-18-7-6-17-35/h23-32,36-38H,6-22,35H2,1-5H3,(H,39,40,41)/t24?,25?,26?,27?,28?,29?,30?,31?,32?,33-,34+/m0/s1. The molecule has 4 saturated carbocycles. The highest BCUT2D eigenvalue weighted by Gasteiger charge is 2.62. The molecule has 8 nitrogen and oxygen atoms in total. The summed E-state index contributed by atoms with van der Waals surface area (Å²) in [5.74, 6) is 3.21. The van der Waals surface area contributed by atoms with Gasteiger partial charge in [0.15, 0.2) is 0 Å². The molecule has 43 heavy (non-hydrogen) atoms. The number of nitrogens with two attached hydrogens (primary N) is 1. The SMILES string of the molecule is CC(C)C(CCC(C)C1CCC2C3C(O)CC4CC(NCCCNCCCCN)CC[C@]4(C)C3CC[C@]12C)OS(=O)(=O)O. The van der Waals surface area contributed by atoms with Gasteiger partial charge in [0.05, 0.1) is 12.2 Å². The third kappa shape index (κ3) is 8.36. The van der Waals surface area contributed by atoms with Crippen molar-refractivity contribution in [3.63, 3.8) is 0 Å². The van der Waals surface area contributed by atoms with Crippen LogP contribution in [-0.4, -0.2) is 62.5 Å². The van der Waals surface area contributed by atoms with Crippen LogP contribution < -0.4 is 16.4 Å². The Morgan fingerprint density at radius 1 is 0.907 bits per heavy atom. The van der Waals surface area contributed by atoms with E-state index >= 15 is 0 Å². The molecule has 4 rings (SSSR count). The van der Waals surface area contributed by atoms with Crippen LogP contribution in [0.5, 0.6) is 0 Å². The van der Waals surface area contributed by atoms with Crippen LogP contribution in [0.1, 0.15) is 118 Å². The normalized spacial score (nSPS) is 39.2. The van der Waals surface area contributed by atoms with Gasteiger partial charge in [0.25, 0.3) is 0 Å². The summed E-state index contributed by atoms with van der Waals surface area (Å²) in [6.45, 7) is 15.3. The zero-order valence-electron chi connectivity index (χ0n) is 27.9. The quantitative estimate of drug-likeness (QED) is 0.111. The minimum absolute atomic E-state index is 0.0152. The van der Waals surface area contributed by atoms with E-state index in [4.69, 9.17) is 9.92 Å². The maximum Gasteiger partial charge on any atom is 0.397 e. The van der Waals surface area contributed by atoms with Gasteiger partial charge in [0, 0.05) is 6.04 Å². The fourth-order valence-electron chi connectivity index (χ4n) is 10.7. The van der Waals surface area contributed by atoms with Gasteiger partial charge in [-0.05, 0) is 162 Å². The molecule has 0 aromatic rings. The van der Waals surface area contributed by atoms with Crippen LogP contribution in [-0.2, 0) is 14.6 Å². The first-order chi connectivity index (χ1) is 20.3. The van der Waals surface area contributed by atoms with Gasteiger partial charge < -0.3 is 21.5 Å². The first kappa shape index (κ1) is 35.6. The van der Waals surface area contributed by atoms with E-state index in [1.807, 2.05) is 13.8 Å². The molecule has 0 aromatic heterocycles. The van der Waals surface area contributed by atoms with Crippen molar-refractivity contribution in [2.75, 3.05) is 26.2 Å². The van der Waals surface area contributed by atoms with E-state index in [0.29, 0.717) is 53.4 Å². The maximum atomic E-state index is 11.8. The summed E-state index contributed by atoms with van der Waals surface area (Å²) in [4.78, 5) is 0. The Balaban J connectivity index is 1.32. The molecule has 6 N–H and O–H groups in total. The summed E-state index contributed by atoms with van der Waals surface area (Å²) in [5.41, 5.74) is 6.13. The van der Waals surface area contributed by atoms with Crippen molar-refractivity contribution >= 4 is 10.4 Å². The number of hydrogen-bond acceptors (Lipinski definition) is 7. The number of unbranched alkanes of at least 4 members (excludes halogenated alkanes) is 1. The Labute approximate surface area is 263 Å². The van der Waals surface area contributed by atoms with E-state index in [1.165, 1.54) is 44.9 Å². The van der Waals surface area contributed by atoms with Crippen LogP contribution in [0, 0.1) is 52.3 Å². The molecule has 0 saturated heterocycles. The van der Waals surface area contributed by atoms with Crippen LogP contribution in [0.2, 0.25) is 0 Å². The molecule has 252 valence electrons. The molecule has 0 heterocycles. The molecule has 0 bridgehead atoms. The molecular weight excluding hydrogens is 562 g/mol. The summed E-state index contributed by atoms with van der Waals surface area (Å²) >= 11 is 0. The summed E-state index contributed by atoms with van der Waals surface area (Å²) in [5, 5.41) is 19.2. The van der Waals surface area contributed by atoms with Crippen molar-refractivity contribution in [3.8, 4) is 0 Å². The number of rotatable bonds is 16. The molecule has 11 atom stereocenters. The molecule has 4 aliphatic rings. The van der Waals surface area contributed by atoms with Crippen molar-refractivity contribution < 1.29 is 22.3 Å². The Bertz CT molecular complexity index is 981. The van der Waals surface area contributed by atoms with Crippen LogP contribution in [0.3, 0.4) is 0 Å². The molecule has 0 aromatic carbocycles. The second-order valence-corrected chi connectivity index (χ2v) is 17.0. The van der Waals surface area contributed by atoms with Crippen molar-refractivity contribution in [2.24, 2.45) is 58.0 Å². The van der Waals surface area contributed by atoms with Gasteiger partial charge in [-0.15, -0.1) is 0 Å². The monoisotopic (exact) mass is 627 g/mol. The average molecular weight is 628 g/mol. The first-order valence-corrected chi connectivity index (χ1v) is 19.1. The zero-order chi connectivity index (χ0) is 31.4. The van der Waals surface area contributed by atoms with Gasteiger partial charge in [0.1, 0.15) is 0 Å². The van der Waals surface area contributed by atoms with E-state index in [1.54, 1.807) is 0 Å². The zero-order valence-corrected chi connectivity index (χ0v) is 28.7. The van der Waals surface area contributed by atoms with Gasteiger partial charge in [-0.3, -0.25) is 4.55 Å². The van der Waals surface area contributed by atoms with Gasteiger partial charge in [0.2, 0.25) is 0 Å². The van der Waals surface area contributed by atoms with E-state index in [9.17, 15) is 18.1 Å². The molecule has 0 spiro atoms. The number of aliphatic hydroxyl groups is 1. The Hall–Kier alpha value is -0.290. The van der Waals surface area contributed by atoms with E-state index < -0.39 is 16.5 Å². The molecular formula is C34H65N3O5S. The van der Waals surface area contributed by atoms with Crippen LogP contribution in [0.15, 0.2) is 0 Å². The lowest BCUT2D eigenvalue weighted by Crippen LogP contribution is -2.59. The molecule has 0 amide bonds. The minimum Gasteiger partial charge on any atom is -0.393 e. The van der Waals surface area contributed by atoms with Crippen molar-refractivity contribution in [3.05, 3.63) is 0 Å². The van der Waals surface area contributed by atoms with Gasteiger partial charge in [-0.1, -0.05) is 34.6 Å². The lowest BCUT2D eigenvalue weighted by molar-refractivity contribution is -0.167. The van der Waals surface area contributed by atoms with Gasteiger partial charge >= 0.3 is 10.4 Å². The third-order valence-corrected chi connectivity index (χ3v) is 13.6. The average Bonchev–Trinajstić information content (AvgIpc) is 3.29. The van der Waals surface area contributed by atoms with Crippen LogP contribution in [0.25, 0.3) is 0 Å². The van der Waals surface area contributed by atoms with Crippen molar-refractivity contribution in [2.45, 2.75) is 136 Å². The Morgan fingerprint density at radius 3 is 2.30 bits per heavy atom. The van der Waals surface area contributed by atoms with Crippen molar-refractivity contribution in [1.82, 2.24) is 10.6 Å². The lowest BCUT2D eigenvalue weighted by Gasteiger charge is -2.62. The Kier molecular flexibility index (Phi) is 12.5. The number of fused-ring (bicyclic) bond motifs is 5. The first-order valence-electron chi connectivity index (χ1n) is 17.8. The van der Waals surface area contributed by atoms with E-state index in [-0.39, 0.29) is 17.4 Å². The molecule has 0 radical (unpaired) electrons. The fraction of sp³-hybridized carbons (Fsp3) is 1.00. The number of hydrogen-bond donors (Lipinski definition) is 5. The van der Waals surface area contributed by atoms with Crippen molar-refractivity contribution in [1.29, 1.82) is 0 Å². The highest BCUT2D eigenvalue weighted by atomic mass is 32.3. The second kappa shape index (κ2) is 15.1. The largest absolute Gasteiger partial charge is 0.397 e. The topological polar surface area (TPSA) is 134 Å². The molecule has 4 fully saturated rings. The van der Waals surface area contributed by atoms with E-state index in [2.05, 4.69) is 31.4 Å². The van der Waals surface area contributed by atoms with Crippen LogP contribution in [0.4, 0.5) is 0 Å². The summed E-state index contributed by atoms with van der Waals surface area (Å²) in [7, 11) is -4.45. The fourth-order valence-corrected chi connectivity index (χ4v) is 11.3. The summed E-state index contributed by atoms with van der Waals surface area (Å²) in [6, 6.07) is 0.573. The summed E-state index contributed by atoms with van der Waals surface area (Å²) in [6.07, 6.45) is 13.7. The highest BCUT2D eigenvalue weighted by molar-refractivity contribution is 7.80. The second-order valence-electron chi connectivity index (χ2n) is 15.9. The number of nitrogens with one attached hydrogen (secondary N) is 2. The smallest absolute Gasteiger partial charge is 0.393 e. The molecule has 0 aliphatic heterocycles. The number of aliphatic hydroxyl groups excluding tert-OH is 1. The maximum absolute atomic E-state index is 11.8. The highest BCUT2D eigenvalue weighted by Crippen LogP contribution is 2.68. The molecule has 9 unspecified atom stereocenters. The lowest BCUT2D eigenvalue weighted by atomic mass is 9.43. The van der Waals surface area contributed by atoms with Gasteiger partial charge in [-0.2, -0.15) is 8.42 Å². The predicted octanol–water partition coefficient (Wildman–Crippen LogP) is 5.55. The van der Waals surface area contributed by atoms with Gasteiger partial charge in [-0.25, -0.2) is 4.18 Å².